The number of fused-ring (bicyclic) bond motifs is 11. The van der Waals surface area contributed by atoms with Gasteiger partial charge in [-0.3, -0.25) is 0 Å². The summed E-state index contributed by atoms with van der Waals surface area (Å²) in [7, 11) is 0. The third-order valence-corrected chi connectivity index (χ3v) is 14.8. The van der Waals surface area contributed by atoms with Crippen LogP contribution in [-0.2, 0) is 0 Å². The lowest BCUT2D eigenvalue weighted by atomic mass is 9.99. The van der Waals surface area contributed by atoms with Crippen LogP contribution < -0.4 is 0 Å². The van der Waals surface area contributed by atoms with Crippen LogP contribution in [0.1, 0.15) is 0 Å². The minimum absolute atomic E-state index is 0.590. The van der Waals surface area contributed by atoms with Gasteiger partial charge in [-0.15, -0.1) is 0 Å². The van der Waals surface area contributed by atoms with E-state index in [0.29, 0.717) is 17.5 Å². The number of hydrogen-bond donors (Lipinski definition) is 0. The van der Waals surface area contributed by atoms with Gasteiger partial charge < -0.3 is 13.6 Å². The van der Waals surface area contributed by atoms with Gasteiger partial charge in [0.15, 0.2) is 28.6 Å². The number of benzene rings is 11. The van der Waals surface area contributed by atoms with Crippen LogP contribution >= 0.6 is 0 Å². The highest BCUT2D eigenvalue weighted by atomic mass is 16.3. The SMILES string of the molecule is c1ccc(-c2ccc(-c3nc(-c4ccc(-n5c6ccccc6c6ccc7c8ccc9c%10ccccc%10n(-c%10ccccc%10-c%10ccccc%10)c9c8oc7c65)cc4)nc(-c4ccccc4-c4ccccc4)n3)cc2)cc1. The number of hydrogen-bond acceptors (Lipinski definition) is 4. The quantitative estimate of drug-likeness (QED) is 0.152. The summed E-state index contributed by atoms with van der Waals surface area (Å²) in [5.41, 5.74) is 17.5. The Morgan fingerprint density at radius 3 is 1.25 bits per heavy atom. The second-order valence-electron chi connectivity index (χ2n) is 19.1. The predicted molar refractivity (Wildman–Crippen MR) is 308 cm³/mol. The molecule has 0 unspecified atom stereocenters. The largest absolute Gasteiger partial charge is 0.452 e. The van der Waals surface area contributed by atoms with Crippen molar-refractivity contribution in [3.63, 3.8) is 0 Å². The number of nitrogens with zero attached hydrogens (tertiary/aromatic N) is 5. The molecule has 15 rings (SSSR count). The topological polar surface area (TPSA) is 61.7 Å². The molecule has 11 aromatic carbocycles. The molecule has 0 aliphatic heterocycles. The summed E-state index contributed by atoms with van der Waals surface area (Å²) >= 11 is 0. The van der Waals surface area contributed by atoms with Crippen LogP contribution in [0.15, 0.2) is 265 Å². The van der Waals surface area contributed by atoms with Crippen LogP contribution in [0.2, 0.25) is 0 Å². The van der Waals surface area contributed by atoms with Gasteiger partial charge in [0.1, 0.15) is 0 Å². The van der Waals surface area contributed by atoms with Crippen molar-refractivity contribution in [1.82, 2.24) is 24.1 Å². The van der Waals surface area contributed by atoms with Crippen molar-refractivity contribution in [1.29, 1.82) is 0 Å². The molecule has 4 aromatic heterocycles. The summed E-state index contributed by atoms with van der Waals surface area (Å²) < 4.78 is 12.2. The molecule has 0 amide bonds. The van der Waals surface area contributed by atoms with Crippen molar-refractivity contribution < 1.29 is 4.42 Å². The molecule has 0 atom stereocenters. The summed E-state index contributed by atoms with van der Waals surface area (Å²) in [5, 5.41) is 6.72. The van der Waals surface area contributed by atoms with E-state index in [1.807, 2.05) is 18.2 Å². The van der Waals surface area contributed by atoms with Crippen LogP contribution in [0.3, 0.4) is 0 Å². The molecule has 0 aliphatic rings. The first-order valence-electron chi connectivity index (χ1n) is 25.3. The fourth-order valence-corrected chi connectivity index (χ4v) is 11.3. The van der Waals surface area contributed by atoms with Crippen LogP contribution in [0.25, 0.3) is 144 Å². The average Bonchev–Trinajstić information content (AvgIpc) is 4.17. The third-order valence-electron chi connectivity index (χ3n) is 14.8. The molecule has 4 heterocycles. The second kappa shape index (κ2) is 17.3. The Hall–Kier alpha value is -10.2. The van der Waals surface area contributed by atoms with E-state index < -0.39 is 0 Å². The van der Waals surface area contributed by atoms with Crippen molar-refractivity contribution in [2.75, 3.05) is 0 Å². The van der Waals surface area contributed by atoms with Crippen molar-refractivity contribution in [2.24, 2.45) is 0 Å². The van der Waals surface area contributed by atoms with Gasteiger partial charge in [-0.05, 0) is 82.4 Å². The monoisotopic (exact) mass is 957 g/mol. The van der Waals surface area contributed by atoms with Gasteiger partial charge >= 0.3 is 0 Å². The first-order valence-corrected chi connectivity index (χ1v) is 25.3. The highest BCUT2D eigenvalue weighted by Gasteiger charge is 2.24. The predicted octanol–water partition coefficient (Wildman–Crippen LogP) is 18.0. The molecule has 0 fully saturated rings. The average molecular weight is 958 g/mol. The molecular weight excluding hydrogens is 915 g/mol. The molecule has 0 aliphatic carbocycles. The zero-order chi connectivity index (χ0) is 49.4. The van der Waals surface area contributed by atoms with E-state index in [-0.39, 0.29) is 0 Å². The van der Waals surface area contributed by atoms with Crippen LogP contribution in [0.4, 0.5) is 0 Å². The molecule has 350 valence electrons. The zero-order valence-electron chi connectivity index (χ0n) is 40.5. The Morgan fingerprint density at radius 2 is 0.653 bits per heavy atom. The molecule has 0 N–H and O–H groups in total. The molecule has 0 spiro atoms. The summed E-state index contributed by atoms with van der Waals surface area (Å²) in [6, 6.07) is 92.0. The van der Waals surface area contributed by atoms with Crippen LogP contribution in [0, 0.1) is 0 Å². The van der Waals surface area contributed by atoms with Gasteiger partial charge in [0.05, 0.1) is 27.8 Å². The molecule has 6 nitrogen and oxygen atoms in total. The molecule has 75 heavy (non-hydrogen) atoms. The second-order valence-corrected chi connectivity index (χ2v) is 19.1. The van der Waals surface area contributed by atoms with Gasteiger partial charge in [-0.1, -0.05) is 206 Å². The molecular formula is C69H43N5O. The molecule has 0 saturated heterocycles. The van der Waals surface area contributed by atoms with E-state index in [4.69, 9.17) is 19.4 Å². The maximum atomic E-state index is 7.42. The smallest absolute Gasteiger partial charge is 0.164 e. The molecule has 15 aromatic rings. The maximum absolute atomic E-state index is 7.42. The van der Waals surface area contributed by atoms with Gasteiger partial charge in [0.2, 0.25) is 0 Å². The summed E-state index contributed by atoms with van der Waals surface area (Å²) in [4.78, 5) is 15.7. The highest BCUT2D eigenvalue weighted by molar-refractivity contribution is 6.26. The number of rotatable bonds is 8. The van der Waals surface area contributed by atoms with Crippen molar-refractivity contribution in [3.8, 4) is 78.9 Å². The fourth-order valence-electron chi connectivity index (χ4n) is 11.3. The Labute approximate surface area is 431 Å². The zero-order valence-corrected chi connectivity index (χ0v) is 40.5. The van der Waals surface area contributed by atoms with E-state index in [0.717, 1.165) is 122 Å². The summed E-state index contributed by atoms with van der Waals surface area (Å²) in [6.07, 6.45) is 0. The fraction of sp³-hybridized carbons (Fsp3) is 0. The van der Waals surface area contributed by atoms with Crippen LogP contribution in [0.5, 0.6) is 0 Å². The Kier molecular flexibility index (Phi) is 9.78. The van der Waals surface area contributed by atoms with Crippen molar-refractivity contribution in [2.45, 2.75) is 0 Å². The van der Waals surface area contributed by atoms with Gasteiger partial charge in [0, 0.05) is 60.3 Å². The Bertz CT molecular complexity index is 4670. The summed E-state index contributed by atoms with van der Waals surface area (Å²) in [6.45, 7) is 0. The normalized spacial score (nSPS) is 11.7. The molecule has 0 bridgehead atoms. The Balaban J connectivity index is 0.912. The van der Waals surface area contributed by atoms with E-state index in [9.17, 15) is 0 Å². The minimum atomic E-state index is 0.590. The van der Waals surface area contributed by atoms with Gasteiger partial charge in [-0.2, -0.15) is 0 Å². The van der Waals surface area contributed by atoms with Crippen LogP contribution in [-0.4, -0.2) is 24.1 Å². The van der Waals surface area contributed by atoms with E-state index in [1.165, 1.54) is 5.39 Å². The van der Waals surface area contributed by atoms with Gasteiger partial charge in [-0.25, -0.2) is 15.0 Å². The third kappa shape index (κ3) is 6.92. The lowest BCUT2D eigenvalue weighted by molar-refractivity contribution is 0.673. The standard InChI is InChI=1S/C69H43N5O/c1-4-18-44(19-5-1)45-32-34-48(35-33-45)67-70-68(72-69(71-67)59-28-11-10-24-51(59)46-20-6-2-7-21-46)49-36-38-50(39-37-49)73-61-30-16-13-26-53(61)55-40-42-57-58-43-41-56-54-27-14-17-31-62(54)74(64(56)66(58)75-65(57)63(55)73)60-29-15-12-25-52(60)47-22-8-3-9-23-47/h1-43H. The first kappa shape index (κ1) is 42.5. The highest BCUT2D eigenvalue weighted by Crippen LogP contribution is 2.45. The lowest BCUT2D eigenvalue weighted by Crippen LogP contribution is -2.01. The van der Waals surface area contributed by atoms with E-state index in [1.54, 1.807) is 0 Å². The van der Waals surface area contributed by atoms with E-state index in [2.05, 4.69) is 252 Å². The summed E-state index contributed by atoms with van der Waals surface area (Å²) in [5.74, 6) is 1.80. The van der Waals surface area contributed by atoms with Crippen molar-refractivity contribution in [3.05, 3.63) is 261 Å². The van der Waals surface area contributed by atoms with Crippen molar-refractivity contribution >= 4 is 65.6 Å². The minimum Gasteiger partial charge on any atom is -0.452 e. The molecule has 0 saturated carbocycles. The molecule has 6 heteroatoms. The van der Waals surface area contributed by atoms with E-state index >= 15 is 0 Å². The number of para-hydroxylation sites is 3. The molecule has 0 radical (unpaired) electrons. The maximum Gasteiger partial charge on any atom is 0.164 e. The number of aromatic nitrogens is 5. The lowest BCUT2D eigenvalue weighted by Gasteiger charge is -2.14. The first-order chi connectivity index (χ1) is 37.2. The Morgan fingerprint density at radius 1 is 0.253 bits per heavy atom. The number of furan rings is 1. The van der Waals surface area contributed by atoms with Gasteiger partial charge in [0.25, 0.3) is 0 Å².